The number of hydrogen-bond acceptors (Lipinski definition) is 2. The Morgan fingerprint density at radius 1 is 1.64 bits per heavy atom. The molecule has 0 radical (unpaired) electrons. The summed E-state index contributed by atoms with van der Waals surface area (Å²) in [5.41, 5.74) is 0. The summed E-state index contributed by atoms with van der Waals surface area (Å²) in [5.74, 6) is -0.464. The van der Waals surface area contributed by atoms with Gasteiger partial charge in [-0.05, 0) is 6.42 Å². The van der Waals surface area contributed by atoms with Crippen LogP contribution in [0.5, 0.6) is 0 Å². The summed E-state index contributed by atoms with van der Waals surface area (Å²) in [5, 5.41) is 11.1. The summed E-state index contributed by atoms with van der Waals surface area (Å²) in [6.45, 7) is 1.75. The lowest BCUT2D eigenvalue weighted by Crippen LogP contribution is -2.39. The first-order valence-corrected chi connectivity index (χ1v) is 4.18. The molecule has 0 heterocycles. The van der Waals surface area contributed by atoms with E-state index in [1.165, 1.54) is 0 Å². The van der Waals surface area contributed by atoms with Crippen LogP contribution in [0.3, 0.4) is 0 Å². The van der Waals surface area contributed by atoms with Crippen molar-refractivity contribution in [3.05, 3.63) is 0 Å². The van der Waals surface area contributed by atoms with Crippen LogP contribution in [-0.4, -0.2) is 28.5 Å². The number of aliphatic hydroxyl groups excluding tert-OH is 1. The predicted molar refractivity (Wildman–Crippen MR) is 44.8 cm³/mol. The molecule has 0 saturated carbocycles. The molecule has 11 heavy (non-hydrogen) atoms. The van der Waals surface area contributed by atoms with E-state index in [0.29, 0.717) is 6.42 Å². The van der Waals surface area contributed by atoms with Crippen molar-refractivity contribution < 1.29 is 9.90 Å². The molecule has 0 aromatic rings. The van der Waals surface area contributed by atoms with Crippen LogP contribution in [0.2, 0.25) is 0 Å². The minimum absolute atomic E-state index is 0.0945. The average molecular weight is 200 g/mol. The van der Waals surface area contributed by atoms with Crippen LogP contribution in [0.4, 0.5) is 0 Å². The van der Waals surface area contributed by atoms with Crippen molar-refractivity contribution in [3.8, 4) is 0 Å². The highest BCUT2D eigenvalue weighted by Gasteiger charge is 2.14. The highest BCUT2D eigenvalue weighted by atomic mass is 35.5. The Bertz CT molecular complexity index is 126. The highest BCUT2D eigenvalue weighted by Crippen LogP contribution is 2.01. The van der Waals surface area contributed by atoms with Crippen molar-refractivity contribution >= 4 is 29.1 Å². The summed E-state index contributed by atoms with van der Waals surface area (Å²) < 4.78 is 0. The first-order chi connectivity index (χ1) is 5.11. The van der Waals surface area contributed by atoms with Crippen LogP contribution < -0.4 is 5.32 Å². The summed E-state index contributed by atoms with van der Waals surface area (Å²) in [7, 11) is 0. The molecule has 0 aromatic heterocycles. The van der Waals surface area contributed by atoms with Crippen LogP contribution in [0.1, 0.15) is 13.3 Å². The molecule has 1 unspecified atom stereocenters. The zero-order chi connectivity index (χ0) is 8.85. The molecule has 0 saturated heterocycles. The lowest BCUT2D eigenvalue weighted by atomic mass is 10.2. The van der Waals surface area contributed by atoms with E-state index in [0.717, 1.165) is 0 Å². The number of nitrogens with one attached hydrogen (secondary N) is 1. The summed E-state index contributed by atoms with van der Waals surface area (Å²) >= 11 is 10.5. The molecule has 0 aliphatic rings. The first-order valence-electron chi connectivity index (χ1n) is 3.31. The molecule has 2 N–H and O–H groups in total. The maximum atomic E-state index is 10.8. The van der Waals surface area contributed by atoms with Crippen LogP contribution in [0.15, 0.2) is 0 Å². The third-order valence-corrected chi connectivity index (χ3v) is 1.65. The Hall–Kier alpha value is 0.01000. The van der Waals surface area contributed by atoms with Gasteiger partial charge < -0.3 is 10.4 Å². The van der Waals surface area contributed by atoms with Gasteiger partial charge in [-0.25, -0.2) is 0 Å². The lowest BCUT2D eigenvalue weighted by molar-refractivity contribution is -0.120. The summed E-state index contributed by atoms with van der Waals surface area (Å²) in [4.78, 5) is 9.73. The fourth-order valence-corrected chi connectivity index (χ4v) is 0.667. The number of aliphatic hydroxyl groups is 1. The smallest absolute Gasteiger partial charge is 0.253 e. The van der Waals surface area contributed by atoms with E-state index in [1.807, 2.05) is 6.92 Å². The van der Waals surface area contributed by atoms with Crippen LogP contribution in [-0.2, 0) is 4.79 Å². The van der Waals surface area contributed by atoms with E-state index in [2.05, 4.69) is 5.32 Å². The first kappa shape index (κ1) is 11.0. The van der Waals surface area contributed by atoms with Crippen LogP contribution in [0, 0.1) is 0 Å². The fourth-order valence-electron chi connectivity index (χ4n) is 0.541. The second-order valence-electron chi connectivity index (χ2n) is 2.10. The zero-order valence-electron chi connectivity index (χ0n) is 6.18. The van der Waals surface area contributed by atoms with Gasteiger partial charge >= 0.3 is 0 Å². The molecular weight excluding hydrogens is 189 g/mol. The largest absolute Gasteiger partial charge is 0.394 e. The van der Waals surface area contributed by atoms with Gasteiger partial charge in [-0.2, -0.15) is 0 Å². The summed E-state index contributed by atoms with van der Waals surface area (Å²) in [6, 6.07) is -0.248. The van der Waals surface area contributed by atoms with E-state index in [9.17, 15) is 4.79 Å². The number of carbonyl (C=O) groups is 1. The Morgan fingerprint density at radius 3 is 2.45 bits per heavy atom. The second kappa shape index (κ2) is 5.63. The third kappa shape index (κ3) is 4.45. The van der Waals surface area contributed by atoms with Gasteiger partial charge in [0.15, 0.2) is 4.84 Å². The molecule has 5 heteroatoms. The second-order valence-corrected chi connectivity index (χ2v) is 3.19. The van der Waals surface area contributed by atoms with Gasteiger partial charge in [-0.15, -0.1) is 0 Å². The molecule has 0 spiro atoms. The van der Waals surface area contributed by atoms with Crippen molar-refractivity contribution in [1.29, 1.82) is 0 Å². The number of halogens is 2. The van der Waals surface area contributed by atoms with Crippen molar-refractivity contribution in [2.75, 3.05) is 6.61 Å². The van der Waals surface area contributed by atoms with E-state index in [4.69, 9.17) is 28.3 Å². The predicted octanol–water partition coefficient (Wildman–Crippen LogP) is 0.677. The normalized spacial score (nSPS) is 13.2. The van der Waals surface area contributed by atoms with E-state index in [-0.39, 0.29) is 12.6 Å². The molecule has 3 nitrogen and oxygen atoms in total. The molecule has 0 bridgehead atoms. The zero-order valence-corrected chi connectivity index (χ0v) is 7.69. The Labute approximate surface area is 75.7 Å². The van der Waals surface area contributed by atoms with Gasteiger partial charge in [-0.3, -0.25) is 4.79 Å². The third-order valence-electron chi connectivity index (χ3n) is 1.26. The molecular formula is C6H11Cl2NO2. The molecule has 0 aliphatic heterocycles. The minimum atomic E-state index is -1.06. The van der Waals surface area contributed by atoms with Crippen molar-refractivity contribution in [1.82, 2.24) is 5.32 Å². The molecule has 0 rings (SSSR count). The number of amides is 1. The van der Waals surface area contributed by atoms with Gasteiger partial charge in [0.05, 0.1) is 12.6 Å². The molecule has 1 atom stereocenters. The lowest BCUT2D eigenvalue weighted by Gasteiger charge is -2.13. The molecule has 0 aliphatic carbocycles. The Kier molecular flexibility index (Phi) is 5.64. The van der Waals surface area contributed by atoms with E-state index >= 15 is 0 Å². The van der Waals surface area contributed by atoms with Gasteiger partial charge in [0, 0.05) is 0 Å². The van der Waals surface area contributed by atoms with E-state index < -0.39 is 10.7 Å². The number of alkyl halides is 2. The maximum Gasteiger partial charge on any atom is 0.253 e. The van der Waals surface area contributed by atoms with Crippen LogP contribution >= 0.6 is 23.2 Å². The SMILES string of the molecule is CCC(CO)NC(=O)C(Cl)Cl. The van der Waals surface area contributed by atoms with Gasteiger partial charge in [0.25, 0.3) is 5.91 Å². The van der Waals surface area contributed by atoms with Crippen LogP contribution in [0.25, 0.3) is 0 Å². The number of rotatable bonds is 4. The minimum Gasteiger partial charge on any atom is -0.394 e. The topological polar surface area (TPSA) is 49.3 Å². The fraction of sp³-hybridized carbons (Fsp3) is 0.833. The van der Waals surface area contributed by atoms with Crippen molar-refractivity contribution in [2.45, 2.75) is 24.2 Å². The maximum absolute atomic E-state index is 10.8. The Balaban J connectivity index is 3.72. The van der Waals surface area contributed by atoms with Gasteiger partial charge in [0.1, 0.15) is 0 Å². The van der Waals surface area contributed by atoms with Gasteiger partial charge in [0.2, 0.25) is 0 Å². The van der Waals surface area contributed by atoms with Gasteiger partial charge in [-0.1, -0.05) is 30.1 Å². The molecule has 0 aromatic carbocycles. The Morgan fingerprint density at radius 2 is 2.18 bits per heavy atom. The average Bonchev–Trinajstić information content (AvgIpc) is 1.99. The standard InChI is InChI=1S/C6H11Cl2NO2/c1-2-4(3-10)9-6(11)5(7)8/h4-5,10H,2-3H2,1H3,(H,9,11). The summed E-state index contributed by atoms with van der Waals surface area (Å²) in [6.07, 6.45) is 0.655. The number of carbonyl (C=O) groups excluding carboxylic acids is 1. The van der Waals surface area contributed by atoms with Crippen molar-refractivity contribution in [3.63, 3.8) is 0 Å². The highest BCUT2D eigenvalue weighted by molar-refractivity contribution is 6.53. The molecule has 1 amide bonds. The molecule has 0 fully saturated rings. The van der Waals surface area contributed by atoms with E-state index in [1.54, 1.807) is 0 Å². The number of hydrogen-bond donors (Lipinski definition) is 2. The van der Waals surface area contributed by atoms with Crippen molar-refractivity contribution in [2.24, 2.45) is 0 Å². The molecule has 66 valence electrons. The monoisotopic (exact) mass is 199 g/mol. The quantitative estimate of drug-likeness (QED) is 0.655.